The van der Waals surface area contributed by atoms with Crippen LogP contribution in [0.5, 0.6) is 0 Å². The molecule has 3 nitrogen and oxygen atoms in total. The van der Waals surface area contributed by atoms with E-state index in [-0.39, 0.29) is 0 Å². The Morgan fingerprint density at radius 3 is 2.88 bits per heavy atom. The van der Waals surface area contributed by atoms with E-state index in [2.05, 4.69) is 5.32 Å². The van der Waals surface area contributed by atoms with Gasteiger partial charge in [-0.05, 0) is 30.3 Å². The monoisotopic (exact) mass is 232 g/mol. The van der Waals surface area contributed by atoms with Crippen LogP contribution in [0, 0.1) is 11.3 Å². The summed E-state index contributed by atoms with van der Waals surface area (Å²) in [6, 6.07) is 10.9. The molecule has 0 spiro atoms. The molecule has 2 rings (SSSR count). The van der Waals surface area contributed by atoms with Gasteiger partial charge in [0.15, 0.2) is 0 Å². The van der Waals surface area contributed by atoms with Crippen molar-refractivity contribution >= 4 is 17.3 Å². The van der Waals surface area contributed by atoms with E-state index < -0.39 is 0 Å². The number of halogens is 1. The van der Waals surface area contributed by atoms with Gasteiger partial charge in [0.1, 0.15) is 5.76 Å². The topological polar surface area (TPSA) is 49.0 Å². The van der Waals surface area contributed by atoms with Crippen LogP contribution in [0.1, 0.15) is 11.3 Å². The lowest BCUT2D eigenvalue weighted by Crippen LogP contribution is -1.98. The number of nitrogens with zero attached hydrogens (tertiary/aromatic N) is 1. The van der Waals surface area contributed by atoms with Gasteiger partial charge in [-0.25, -0.2) is 0 Å². The Morgan fingerprint density at radius 1 is 1.38 bits per heavy atom. The van der Waals surface area contributed by atoms with Crippen molar-refractivity contribution in [1.82, 2.24) is 0 Å². The predicted octanol–water partition coefficient (Wildman–Crippen LogP) is 3.42. The highest BCUT2D eigenvalue weighted by Crippen LogP contribution is 2.23. The van der Waals surface area contributed by atoms with Gasteiger partial charge < -0.3 is 9.73 Å². The van der Waals surface area contributed by atoms with Crippen LogP contribution in [-0.2, 0) is 6.54 Å². The maximum absolute atomic E-state index is 8.69. The maximum atomic E-state index is 8.69. The minimum atomic E-state index is 0.533. The number of hydrogen-bond donors (Lipinski definition) is 1. The molecule has 0 fully saturated rings. The first-order valence-electron chi connectivity index (χ1n) is 4.75. The van der Waals surface area contributed by atoms with Crippen molar-refractivity contribution in [2.75, 3.05) is 5.32 Å². The molecule has 0 unspecified atom stereocenters. The summed E-state index contributed by atoms with van der Waals surface area (Å²) in [5.41, 5.74) is 1.34. The fourth-order valence-corrected chi connectivity index (χ4v) is 1.57. The summed E-state index contributed by atoms with van der Waals surface area (Å²) in [5, 5.41) is 12.4. The number of furan rings is 1. The molecule has 16 heavy (non-hydrogen) atoms. The largest absolute Gasteiger partial charge is 0.467 e. The predicted molar refractivity (Wildman–Crippen MR) is 62.2 cm³/mol. The average Bonchev–Trinajstić information content (AvgIpc) is 2.80. The molecule has 0 saturated heterocycles. The van der Waals surface area contributed by atoms with E-state index in [4.69, 9.17) is 21.3 Å². The molecule has 80 valence electrons. The summed E-state index contributed by atoms with van der Waals surface area (Å²) in [5.74, 6) is 0.834. The second kappa shape index (κ2) is 4.73. The molecule has 1 heterocycles. The maximum Gasteiger partial charge on any atom is 0.122 e. The van der Waals surface area contributed by atoms with E-state index in [0.717, 1.165) is 11.4 Å². The second-order valence-electron chi connectivity index (χ2n) is 3.24. The van der Waals surface area contributed by atoms with Crippen molar-refractivity contribution in [3.63, 3.8) is 0 Å². The van der Waals surface area contributed by atoms with Crippen molar-refractivity contribution in [2.45, 2.75) is 6.54 Å². The van der Waals surface area contributed by atoms with Crippen LogP contribution in [0.25, 0.3) is 0 Å². The number of nitrogens with one attached hydrogen (secondary N) is 1. The number of hydrogen-bond acceptors (Lipinski definition) is 3. The molecule has 0 aliphatic carbocycles. The Hall–Kier alpha value is -1.92. The van der Waals surface area contributed by atoms with Crippen LogP contribution in [0.3, 0.4) is 0 Å². The number of anilines is 1. The van der Waals surface area contributed by atoms with Crippen LogP contribution in [0.2, 0.25) is 5.02 Å². The van der Waals surface area contributed by atoms with E-state index in [0.29, 0.717) is 17.1 Å². The van der Waals surface area contributed by atoms with E-state index in [1.807, 2.05) is 18.2 Å². The Morgan fingerprint density at radius 2 is 2.25 bits per heavy atom. The summed E-state index contributed by atoms with van der Waals surface area (Å²) in [4.78, 5) is 0. The van der Waals surface area contributed by atoms with Crippen molar-refractivity contribution in [1.29, 1.82) is 5.26 Å². The van der Waals surface area contributed by atoms with Gasteiger partial charge in [0.2, 0.25) is 0 Å². The third-order valence-electron chi connectivity index (χ3n) is 2.13. The first-order chi connectivity index (χ1) is 7.79. The van der Waals surface area contributed by atoms with Crippen LogP contribution in [0.15, 0.2) is 41.0 Å². The highest BCUT2D eigenvalue weighted by molar-refractivity contribution is 6.33. The molecule has 0 radical (unpaired) electrons. The van der Waals surface area contributed by atoms with Gasteiger partial charge in [0, 0.05) is 0 Å². The lowest BCUT2D eigenvalue weighted by Gasteiger charge is -2.06. The molecule has 2 aromatic rings. The van der Waals surface area contributed by atoms with Gasteiger partial charge in [-0.1, -0.05) is 11.6 Å². The van der Waals surface area contributed by atoms with Gasteiger partial charge >= 0.3 is 0 Å². The number of nitriles is 1. The third kappa shape index (κ3) is 2.36. The molecule has 0 aliphatic heterocycles. The first-order valence-corrected chi connectivity index (χ1v) is 5.13. The van der Waals surface area contributed by atoms with Crippen LogP contribution >= 0.6 is 11.6 Å². The van der Waals surface area contributed by atoms with Crippen LogP contribution in [-0.4, -0.2) is 0 Å². The molecule has 0 aliphatic rings. The molecule has 4 heteroatoms. The number of benzene rings is 1. The molecular formula is C12H9ClN2O. The standard InChI is InChI=1S/C12H9ClN2O/c13-11-6-9(7-14)3-4-12(11)15-8-10-2-1-5-16-10/h1-6,15H,8H2. The zero-order chi connectivity index (χ0) is 11.4. The van der Waals surface area contributed by atoms with Gasteiger partial charge in [0.25, 0.3) is 0 Å². The molecule has 1 aromatic carbocycles. The second-order valence-corrected chi connectivity index (χ2v) is 3.65. The fourth-order valence-electron chi connectivity index (χ4n) is 1.32. The zero-order valence-corrected chi connectivity index (χ0v) is 9.16. The average molecular weight is 233 g/mol. The van der Waals surface area contributed by atoms with Gasteiger partial charge in [-0.2, -0.15) is 5.26 Å². The van der Waals surface area contributed by atoms with Gasteiger partial charge in [-0.15, -0.1) is 0 Å². The Labute approximate surface area is 98.3 Å². The quantitative estimate of drug-likeness (QED) is 0.882. The van der Waals surface area contributed by atoms with Crippen LogP contribution in [0.4, 0.5) is 5.69 Å². The van der Waals surface area contributed by atoms with E-state index >= 15 is 0 Å². The van der Waals surface area contributed by atoms with E-state index in [1.54, 1.807) is 24.5 Å². The summed E-state index contributed by atoms with van der Waals surface area (Å²) in [7, 11) is 0. The lowest BCUT2D eigenvalue weighted by molar-refractivity contribution is 0.518. The molecule has 0 bridgehead atoms. The molecule has 1 N–H and O–H groups in total. The van der Waals surface area contributed by atoms with Gasteiger partial charge in [-0.3, -0.25) is 0 Å². The molecule has 0 saturated carbocycles. The lowest BCUT2D eigenvalue weighted by atomic mass is 10.2. The first kappa shape index (κ1) is 10.6. The minimum Gasteiger partial charge on any atom is -0.467 e. The summed E-state index contributed by atoms with van der Waals surface area (Å²) < 4.78 is 5.18. The van der Waals surface area contributed by atoms with Crippen LogP contribution < -0.4 is 5.32 Å². The molecule has 1 aromatic heterocycles. The molecule has 0 amide bonds. The normalized spacial score (nSPS) is 9.75. The Balaban J connectivity index is 2.08. The number of rotatable bonds is 3. The minimum absolute atomic E-state index is 0.533. The van der Waals surface area contributed by atoms with Gasteiger partial charge in [0.05, 0.1) is 35.2 Å². The Bertz CT molecular complexity index is 514. The highest BCUT2D eigenvalue weighted by Gasteiger charge is 2.02. The summed E-state index contributed by atoms with van der Waals surface area (Å²) >= 11 is 6.00. The van der Waals surface area contributed by atoms with Crippen molar-refractivity contribution < 1.29 is 4.42 Å². The smallest absolute Gasteiger partial charge is 0.122 e. The third-order valence-corrected chi connectivity index (χ3v) is 2.44. The molecule has 0 atom stereocenters. The summed E-state index contributed by atoms with van der Waals surface area (Å²) in [6.07, 6.45) is 1.62. The zero-order valence-electron chi connectivity index (χ0n) is 8.40. The van der Waals surface area contributed by atoms with Crippen molar-refractivity contribution in [3.05, 3.63) is 52.9 Å². The van der Waals surface area contributed by atoms with E-state index in [9.17, 15) is 0 Å². The molecular weight excluding hydrogens is 224 g/mol. The fraction of sp³-hybridized carbons (Fsp3) is 0.0833. The van der Waals surface area contributed by atoms with E-state index in [1.165, 1.54) is 0 Å². The van der Waals surface area contributed by atoms with Crippen molar-refractivity contribution in [3.8, 4) is 6.07 Å². The highest BCUT2D eigenvalue weighted by atomic mass is 35.5. The Kier molecular flexibility index (Phi) is 3.13. The SMILES string of the molecule is N#Cc1ccc(NCc2ccco2)c(Cl)c1. The van der Waals surface area contributed by atoms with Crippen molar-refractivity contribution in [2.24, 2.45) is 0 Å². The summed E-state index contributed by atoms with van der Waals surface area (Å²) in [6.45, 7) is 0.568.